The van der Waals surface area contributed by atoms with Crippen LogP contribution in [0.1, 0.15) is 5.56 Å². The molecule has 0 saturated heterocycles. The van der Waals surface area contributed by atoms with E-state index in [1.165, 1.54) is 31.5 Å². The predicted molar refractivity (Wildman–Crippen MR) is 128 cm³/mol. The van der Waals surface area contributed by atoms with Crippen LogP contribution in [0.4, 0.5) is 10.1 Å². The zero-order chi connectivity index (χ0) is 24.8. The van der Waals surface area contributed by atoms with Crippen LogP contribution in [0.15, 0.2) is 72.9 Å². The third kappa shape index (κ3) is 5.64. The summed E-state index contributed by atoms with van der Waals surface area (Å²) in [5, 5.41) is 15.3. The first-order valence-electron chi connectivity index (χ1n) is 10.7. The van der Waals surface area contributed by atoms with E-state index in [4.69, 9.17) is 9.47 Å². The normalized spacial score (nSPS) is 10.6. The largest absolute Gasteiger partial charge is 0.504 e. The maximum atomic E-state index is 14.6. The van der Waals surface area contributed by atoms with E-state index in [-0.39, 0.29) is 29.5 Å². The molecular weight excluding hydrogens is 453 g/mol. The second-order valence-electron chi connectivity index (χ2n) is 7.54. The van der Waals surface area contributed by atoms with E-state index in [0.717, 1.165) is 11.6 Å². The number of nitrogens with zero attached hydrogens (tertiary/aromatic N) is 1. The molecule has 0 atom stereocenters. The number of ether oxygens (including phenoxy) is 2. The maximum Gasteiger partial charge on any atom is 0.313 e. The Balaban J connectivity index is 1.40. The van der Waals surface area contributed by atoms with Crippen LogP contribution in [0.3, 0.4) is 0 Å². The number of aromatic hydroxyl groups is 1. The van der Waals surface area contributed by atoms with Crippen molar-refractivity contribution < 1.29 is 28.6 Å². The number of halogens is 1. The number of amides is 2. The Morgan fingerprint density at radius 1 is 1.00 bits per heavy atom. The third-order valence-electron chi connectivity index (χ3n) is 5.17. The van der Waals surface area contributed by atoms with Crippen LogP contribution in [-0.4, -0.2) is 35.6 Å². The number of pyridine rings is 1. The number of anilines is 1. The molecule has 8 nitrogen and oxygen atoms in total. The average Bonchev–Trinajstić information content (AvgIpc) is 2.86. The molecular formula is C26H22FN3O5. The van der Waals surface area contributed by atoms with Gasteiger partial charge in [-0.25, -0.2) is 4.39 Å². The van der Waals surface area contributed by atoms with Gasteiger partial charge in [-0.2, -0.15) is 0 Å². The number of phenolic OH excluding ortho intramolecular Hbond substituents is 1. The molecule has 0 spiro atoms. The SMILES string of the molecule is COc1cc2c(Oc3ccc(NC(=O)C(=O)NCCc4ccccc4)c(F)c3)ccnc2cc1O. The lowest BCUT2D eigenvalue weighted by molar-refractivity contribution is -0.136. The van der Waals surface area contributed by atoms with Gasteiger partial charge in [0.15, 0.2) is 11.5 Å². The molecule has 178 valence electrons. The average molecular weight is 475 g/mol. The fourth-order valence-electron chi connectivity index (χ4n) is 3.40. The van der Waals surface area contributed by atoms with Crippen LogP contribution < -0.4 is 20.1 Å². The van der Waals surface area contributed by atoms with Crippen LogP contribution in [0, 0.1) is 5.82 Å². The Bertz CT molecular complexity index is 1380. The Hall–Kier alpha value is -4.66. The first-order chi connectivity index (χ1) is 16.9. The number of rotatable bonds is 7. The summed E-state index contributed by atoms with van der Waals surface area (Å²) in [6.07, 6.45) is 2.06. The summed E-state index contributed by atoms with van der Waals surface area (Å²) in [6.45, 7) is 0.272. The highest BCUT2D eigenvalue weighted by Crippen LogP contribution is 2.36. The number of carbonyl (C=O) groups is 2. The summed E-state index contributed by atoms with van der Waals surface area (Å²) >= 11 is 0. The van der Waals surface area contributed by atoms with Crippen LogP contribution in [0.5, 0.6) is 23.0 Å². The summed E-state index contributed by atoms with van der Waals surface area (Å²) in [7, 11) is 1.42. The number of phenols is 1. The van der Waals surface area contributed by atoms with Gasteiger partial charge in [0.25, 0.3) is 0 Å². The second kappa shape index (κ2) is 10.5. The van der Waals surface area contributed by atoms with Crippen molar-refractivity contribution in [1.82, 2.24) is 10.3 Å². The molecule has 4 rings (SSSR count). The molecule has 0 radical (unpaired) electrons. The molecule has 0 saturated carbocycles. The third-order valence-corrected chi connectivity index (χ3v) is 5.17. The lowest BCUT2D eigenvalue weighted by Gasteiger charge is -2.12. The van der Waals surface area contributed by atoms with Crippen molar-refractivity contribution in [2.24, 2.45) is 0 Å². The summed E-state index contributed by atoms with van der Waals surface area (Å²) < 4.78 is 25.6. The number of methoxy groups -OCH3 is 1. The summed E-state index contributed by atoms with van der Waals surface area (Å²) in [6, 6.07) is 17.9. The number of nitrogens with one attached hydrogen (secondary N) is 2. The van der Waals surface area contributed by atoms with Crippen LogP contribution in [-0.2, 0) is 16.0 Å². The highest BCUT2D eigenvalue weighted by Gasteiger charge is 2.16. The Morgan fingerprint density at radius 2 is 1.80 bits per heavy atom. The molecule has 0 bridgehead atoms. The van der Waals surface area contributed by atoms with E-state index in [0.29, 0.717) is 23.1 Å². The Kier molecular flexibility index (Phi) is 7.06. The van der Waals surface area contributed by atoms with Gasteiger partial charge in [-0.05, 0) is 36.2 Å². The van der Waals surface area contributed by atoms with Crippen molar-refractivity contribution in [3.63, 3.8) is 0 Å². The lowest BCUT2D eigenvalue weighted by Crippen LogP contribution is -2.36. The molecule has 3 aromatic carbocycles. The minimum absolute atomic E-state index is 0.0695. The molecule has 4 aromatic rings. The quantitative estimate of drug-likeness (QED) is 0.346. The topological polar surface area (TPSA) is 110 Å². The zero-order valence-electron chi connectivity index (χ0n) is 18.7. The van der Waals surface area contributed by atoms with Crippen molar-refractivity contribution in [3.8, 4) is 23.0 Å². The van der Waals surface area contributed by atoms with Crippen molar-refractivity contribution in [2.75, 3.05) is 19.0 Å². The number of benzene rings is 3. The van der Waals surface area contributed by atoms with Gasteiger partial charge in [-0.1, -0.05) is 30.3 Å². The highest BCUT2D eigenvalue weighted by atomic mass is 19.1. The van der Waals surface area contributed by atoms with Gasteiger partial charge in [0.05, 0.1) is 18.3 Å². The number of aromatic nitrogens is 1. The molecule has 0 unspecified atom stereocenters. The van der Waals surface area contributed by atoms with E-state index in [9.17, 15) is 19.1 Å². The zero-order valence-corrected chi connectivity index (χ0v) is 18.7. The van der Waals surface area contributed by atoms with Crippen molar-refractivity contribution in [2.45, 2.75) is 6.42 Å². The Morgan fingerprint density at radius 3 is 2.54 bits per heavy atom. The molecule has 3 N–H and O–H groups in total. The molecule has 1 heterocycles. The van der Waals surface area contributed by atoms with Crippen molar-refractivity contribution in [3.05, 3.63) is 84.3 Å². The molecule has 0 aliphatic carbocycles. The molecule has 2 amide bonds. The van der Waals surface area contributed by atoms with Gasteiger partial charge in [0, 0.05) is 30.3 Å². The fraction of sp³-hybridized carbons (Fsp3) is 0.115. The minimum Gasteiger partial charge on any atom is -0.504 e. The molecule has 9 heteroatoms. The van der Waals surface area contributed by atoms with E-state index >= 15 is 0 Å². The maximum absolute atomic E-state index is 14.6. The van der Waals surface area contributed by atoms with Gasteiger partial charge in [0.1, 0.15) is 17.3 Å². The monoisotopic (exact) mass is 475 g/mol. The summed E-state index contributed by atoms with van der Waals surface area (Å²) in [5.74, 6) is -1.92. The van der Waals surface area contributed by atoms with Crippen LogP contribution in [0.2, 0.25) is 0 Å². The number of hydrogen-bond donors (Lipinski definition) is 3. The predicted octanol–water partition coefficient (Wildman–Crippen LogP) is 4.18. The number of fused-ring (bicyclic) bond motifs is 1. The van der Waals surface area contributed by atoms with Gasteiger partial charge >= 0.3 is 11.8 Å². The van der Waals surface area contributed by atoms with E-state index in [1.54, 1.807) is 12.1 Å². The second-order valence-corrected chi connectivity index (χ2v) is 7.54. The molecule has 0 aliphatic heterocycles. The summed E-state index contributed by atoms with van der Waals surface area (Å²) in [4.78, 5) is 28.4. The van der Waals surface area contributed by atoms with E-state index in [2.05, 4.69) is 15.6 Å². The Labute approximate surface area is 200 Å². The van der Waals surface area contributed by atoms with Crippen LogP contribution >= 0.6 is 0 Å². The molecule has 35 heavy (non-hydrogen) atoms. The minimum atomic E-state index is -0.974. The highest BCUT2D eigenvalue weighted by molar-refractivity contribution is 6.39. The molecule has 0 aliphatic rings. The molecule has 0 fully saturated rings. The first kappa shape index (κ1) is 23.5. The summed E-state index contributed by atoms with van der Waals surface area (Å²) in [5.41, 5.74) is 1.32. The smallest absolute Gasteiger partial charge is 0.313 e. The number of hydrogen-bond acceptors (Lipinski definition) is 6. The van der Waals surface area contributed by atoms with Gasteiger partial charge < -0.3 is 25.2 Å². The van der Waals surface area contributed by atoms with E-state index in [1.807, 2.05) is 30.3 Å². The standard InChI is InChI=1S/C26H22FN3O5/c1-34-24-14-18-21(15-22(24)31)28-12-10-23(18)35-17-7-8-20(19(27)13-17)30-26(33)25(32)29-11-9-16-5-3-2-4-6-16/h2-8,10,12-15,31H,9,11H2,1H3,(H,29,32)(H,30,33). The molecule has 1 aromatic heterocycles. The van der Waals surface area contributed by atoms with Crippen molar-refractivity contribution >= 4 is 28.4 Å². The fourth-order valence-corrected chi connectivity index (χ4v) is 3.40. The van der Waals surface area contributed by atoms with Gasteiger partial charge in [-0.15, -0.1) is 0 Å². The van der Waals surface area contributed by atoms with Crippen LogP contribution in [0.25, 0.3) is 10.9 Å². The van der Waals surface area contributed by atoms with Gasteiger partial charge in [-0.3, -0.25) is 14.6 Å². The first-order valence-corrected chi connectivity index (χ1v) is 10.7. The lowest BCUT2D eigenvalue weighted by atomic mass is 10.1. The van der Waals surface area contributed by atoms with Gasteiger partial charge in [0.2, 0.25) is 0 Å². The van der Waals surface area contributed by atoms with Crippen molar-refractivity contribution in [1.29, 1.82) is 0 Å². The van der Waals surface area contributed by atoms with E-state index < -0.39 is 17.6 Å². The number of carbonyl (C=O) groups excluding carboxylic acids is 2.